The van der Waals surface area contributed by atoms with Crippen LogP contribution in [0.25, 0.3) is 0 Å². The summed E-state index contributed by atoms with van der Waals surface area (Å²) in [7, 11) is -3.62. The zero-order valence-corrected chi connectivity index (χ0v) is 17.4. The zero-order valence-electron chi connectivity index (χ0n) is 16.6. The SMILES string of the molecule is CC(=O)N(CCNS(=O)(=O)c1ccc(C(C)(C)C)cc1)c1ccccc1C. The molecule has 2 aromatic carbocycles. The fraction of sp³-hybridized carbons (Fsp3) is 0.381. The minimum absolute atomic E-state index is 0.0365. The molecule has 0 aliphatic heterocycles. The highest BCUT2D eigenvalue weighted by molar-refractivity contribution is 7.89. The maximum absolute atomic E-state index is 12.5. The van der Waals surface area contributed by atoms with Crippen LogP contribution in [0.2, 0.25) is 0 Å². The monoisotopic (exact) mass is 388 g/mol. The lowest BCUT2D eigenvalue weighted by Gasteiger charge is -2.23. The smallest absolute Gasteiger partial charge is 0.240 e. The predicted octanol–water partition coefficient (Wildman–Crippen LogP) is 3.62. The minimum Gasteiger partial charge on any atom is -0.311 e. The van der Waals surface area contributed by atoms with Crippen LogP contribution in [0.1, 0.15) is 38.8 Å². The first kappa shape index (κ1) is 21.1. The van der Waals surface area contributed by atoms with Crippen LogP contribution < -0.4 is 9.62 Å². The third-order valence-corrected chi connectivity index (χ3v) is 5.92. The second-order valence-electron chi connectivity index (χ2n) is 7.63. The normalized spacial score (nSPS) is 12.0. The molecule has 0 heterocycles. The fourth-order valence-corrected chi connectivity index (χ4v) is 3.84. The molecule has 2 aromatic rings. The van der Waals surface area contributed by atoms with E-state index >= 15 is 0 Å². The van der Waals surface area contributed by atoms with Gasteiger partial charge in [0.2, 0.25) is 15.9 Å². The molecule has 0 bridgehead atoms. The molecule has 2 rings (SSSR count). The molecule has 1 amide bonds. The highest BCUT2D eigenvalue weighted by atomic mass is 32.2. The number of carbonyl (C=O) groups is 1. The van der Waals surface area contributed by atoms with Crippen LogP contribution in [0.3, 0.4) is 0 Å². The quantitative estimate of drug-likeness (QED) is 0.822. The summed E-state index contributed by atoms with van der Waals surface area (Å²) in [5, 5.41) is 0. The van der Waals surface area contributed by atoms with Gasteiger partial charge in [-0.2, -0.15) is 0 Å². The molecule has 0 fully saturated rings. The van der Waals surface area contributed by atoms with E-state index in [1.54, 1.807) is 17.0 Å². The van der Waals surface area contributed by atoms with Gasteiger partial charge in [-0.1, -0.05) is 51.1 Å². The molecular weight excluding hydrogens is 360 g/mol. The van der Waals surface area contributed by atoms with Gasteiger partial charge in [0.15, 0.2) is 0 Å². The molecule has 6 heteroatoms. The number of benzene rings is 2. The number of hydrogen-bond acceptors (Lipinski definition) is 3. The number of anilines is 1. The van der Waals surface area contributed by atoms with Crippen molar-refractivity contribution in [3.63, 3.8) is 0 Å². The van der Waals surface area contributed by atoms with Gasteiger partial charge in [0.05, 0.1) is 4.90 Å². The Hall–Kier alpha value is -2.18. The second kappa shape index (κ2) is 8.23. The molecule has 1 N–H and O–H groups in total. The van der Waals surface area contributed by atoms with Gasteiger partial charge in [0.25, 0.3) is 0 Å². The van der Waals surface area contributed by atoms with Crippen LogP contribution in [0.15, 0.2) is 53.4 Å². The topological polar surface area (TPSA) is 66.5 Å². The lowest BCUT2D eigenvalue weighted by Crippen LogP contribution is -2.37. The van der Waals surface area contributed by atoms with Gasteiger partial charge in [-0.3, -0.25) is 4.79 Å². The summed E-state index contributed by atoms with van der Waals surface area (Å²) < 4.78 is 27.7. The minimum atomic E-state index is -3.62. The number of carbonyl (C=O) groups excluding carboxylic acids is 1. The molecule has 146 valence electrons. The molecule has 0 aromatic heterocycles. The molecule has 0 spiro atoms. The van der Waals surface area contributed by atoms with Crippen molar-refractivity contribution in [3.8, 4) is 0 Å². The Labute approximate surface area is 162 Å². The Morgan fingerprint density at radius 3 is 2.15 bits per heavy atom. The van der Waals surface area contributed by atoms with Crippen molar-refractivity contribution >= 4 is 21.6 Å². The molecule has 0 aliphatic rings. The Morgan fingerprint density at radius 1 is 1.04 bits per heavy atom. The average molecular weight is 389 g/mol. The van der Waals surface area contributed by atoms with Crippen LogP contribution in [0.4, 0.5) is 5.69 Å². The highest BCUT2D eigenvalue weighted by Crippen LogP contribution is 2.23. The summed E-state index contributed by atoms with van der Waals surface area (Å²) in [5.74, 6) is -0.127. The van der Waals surface area contributed by atoms with Gasteiger partial charge in [0, 0.05) is 25.7 Å². The van der Waals surface area contributed by atoms with E-state index in [1.807, 2.05) is 43.3 Å². The number of nitrogens with one attached hydrogen (secondary N) is 1. The molecule has 0 unspecified atom stereocenters. The molecule has 0 atom stereocenters. The van der Waals surface area contributed by atoms with Crippen molar-refractivity contribution in [2.45, 2.75) is 44.9 Å². The molecule has 0 saturated carbocycles. The number of hydrogen-bond donors (Lipinski definition) is 1. The summed E-state index contributed by atoms with van der Waals surface area (Å²) in [6.07, 6.45) is 0. The standard InChI is InChI=1S/C21H28N2O3S/c1-16-8-6-7-9-20(16)23(17(2)24)15-14-22-27(25,26)19-12-10-18(11-13-19)21(3,4)5/h6-13,22H,14-15H2,1-5H3. The molecule has 5 nitrogen and oxygen atoms in total. The molecule has 0 saturated heterocycles. The van der Waals surface area contributed by atoms with E-state index in [-0.39, 0.29) is 29.3 Å². The fourth-order valence-electron chi connectivity index (χ4n) is 2.82. The lowest BCUT2D eigenvalue weighted by molar-refractivity contribution is -0.116. The maximum Gasteiger partial charge on any atom is 0.240 e. The summed E-state index contributed by atoms with van der Waals surface area (Å²) >= 11 is 0. The Bertz CT molecular complexity index is 898. The lowest BCUT2D eigenvalue weighted by atomic mass is 9.87. The number of para-hydroxylation sites is 1. The second-order valence-corrected chi connectivity index (χ2v) is 9.40. The van der Waals surface area contributed by atoms with E-state index in [4.69, 9.17) is 0 Å². The molecular formula is C21H28N2O3S. The first-order valence-electron chi connectivity index (χ1n) is 8.96. The van der Waals surface area contributed by atoms with Gasteiger partial charge >= 0.3 is 0 Å². The van der Waals surface area contributed by atoms with Crippen molar-refractivity contribution in [1.82, 2.24) is 4.72 Å². The predicted molar refractivity (Wildman–Crippen MR) is 110 cm³/mol. The number of nitrogens with zero attached hydrogens (tertiary/aromatic N) is 1. The van der Waals surface area contributed by atoms with Crippen LogP contribution >= 0.6 is 0 Å². The zero-order chi connectivity index (χ0) is 20.2. The first-order chi connectivity index (χ1) is 12.5. The number of amides is 1. The van der Waals surface area contributed by atoms with Crippen LogP contribution in [0.5, 0.6) is 0 Å². The van der Waals surface area contributed by atoms with Crippen LogP contribution in [-0.2, 0) is 20.2 Å². The van der Waals surface area contributed by atoms with Gasteiger partial charge in [-0.15, -0.1) is 0 Å². The number of sulfonamides is 1. The van der Waals surface area contributed by atoms with Gasteiger partial charge in [-0.25, -0.2) is 13.1 Å². The summed E-state index contributed by atoms with van der Waals surface area (Å²) in [6, 6.07) is 14.5. The third kappa shape index (κ3) is 5.40. The average Bonchev–Trinajstić information content (AvgIpc) is 2.59. The van der Waals surface area contributed by atoms with E-state index in [9.17, 15) is 13.2 Å². The van der Waals surface area contributed by atoms with E-state index in [0.717, 1.165) is 16.8 Å². The summed E-state index contributed by atoms with van der Waals surface area (Å²) in [5.41, 5.74) is 2.79. The van der Waals surface area contributed by atoms with Crippen LogP contribution in [0, 0.1) is 6.92 Å². The van der Waals surface area contributed by atoms with Crippen LogP contribution in [-0.4, -0.2) is 27.4 Å². The van der Waals surface area contributed by atoms with Crippen molar-refractivity contribution in [2.24, 2.45) is 0 Å². The van der Waals surface area contributed by atoms with E-state index in [1.165, 1.54) is 6.92 Å². The highest BCUT2D eigenvalue weighted by Gasteiger charge is 2.19. The van der Waals surface area contributed by atoms with Crippen molar-refractivity contribution in [2.75, 3.05) is 18.0 Å². The van der Waals surface area contributed by atoms with Crippen molar-refractivity contribution < 1.29 is 13.2 Å². The number of rotatable bonds is 6. The van der Waals surface area contributed by atoms with Gasteiger partial charge in [0.1, 0.15) is 0 Å². The summed E-state index contributed by atoms with van der Waals surface area (Å²) in [6.45, 7) is 10.0. The van der Waals surface area contributed by atoms with Crippen molar-refractivity contribution in [3.05, 3.63) is 59.7 Å². The first-order valence-corrected chi connectivity index (χ1v) is 10.4. The Balaban J connectivity index is 2.08. The molecule has 0 radical (unpaired) electrons. The summed E-state index contributed by atoms with van der Waals surface area (Å²) in [4.78, 5) is 13.8. The largest absolute Gasteiger partial charge is 0.311 e. The molecule has 27 heavy (non-hydrogen) atoms. The van der Waals surface area contributed by atoms with Gasteiger partial charge < -0.3 is 4.90 Å². The maximum atomic E-state index is 12.5. The molecule has 0 aliphatic carbocycles. The van der Waals surface area contributed by atoms with Crippen molar-refractivity contribution in [1.29, 1.82) is 0 Å². The van der Waals surface area contributed by atoms with Gasteiger partial charge in [-0.05, 0) is 41.7 Å². The Kier molecular flexibility index (Phi) is 6.44. The number of aryl methyl sites for hydroxylation is 1. The van der Waals surface area contributed by atoms with E-state index in [2.05, 4.69) is 25.5 Å². The van der Waals surface area contributed by atoms with E-state index in [0.29, 0.717) is 0 Å². The third-order valence-electron chi connectivity index (χ3n) is 4.44. The van der Waals surface area contributed by atoms with E-state index < -0.39 is 10.0 Å². The Morgan fingerprint density at radius 2 is 1.63 bits per heavy atom.